The van der Waals surface area contributed by atoms with Crippen LogP contribution in [0.1, 0.15) is 36.4 Å². The quantitative estimate of drug-likeness (QED) is 0.898. The number of hydrogen-bond donors (Lipinski definition) is 2. The van der Waals surface area contributed by atoms with Gasteiger partial charge in [-0.15, -0.1) is 0 Å². The van der Waals surface area contributed by atoms with E-state index in [9.17, 15) is 9.59 Å². The molecule has 1 aromatic heterocycles. The molecule has 0 saturated heterocycles. The molecule has 0 radical (unpaired) electrons. The molecule has 6 nitrogen and oxygen atoms in total. The Morgan fingerprint density at radius 1 is 1.40 bits per heavy atom. The van der Waals surface area contributed by atoms with Crippen molar-refractivity contribution in [3.63, 3.8) is 0 Å². The lowest BCUT2D eigenvalue weighted by atomic mass is 10.1. The van der Waals surface area contributed by atoms with Crippen molar-refractivity contribution in [1.82, 2.24) is 10.3 Å². The molecule has 2 N–H and O–H groups in total. The van der Waals surface area contributed by atoms with E-state index in [1.54, 1.807) is 6.20 Å². The van der Waals surface area contributed by atoms with Gasteiger partial charge in [0.2, 0.25) is 5.91 Å². The van der Waals surface area contributed by atoms with Gasteiger partial charge in [0.15, 0.2) is 6.61 Å². The number of hydrogen-bond acceptors (Lipinski definition) is 4. The van der Waals surface area contributed by atoms with Gasteiger partial charge in [-0.1, -0.05) is 12.1 Å². The van der Waals surface area contributed by atoms with Crippen molar-refractivity contribution in [2.75, 3.05) is 11.9 Å². The predicted octanol–water partition coefficient (Wildman–Crippen LogP) is 2.39. The molecule has 3 atom stereocenters. The minimum absolute atomic E-state index is 0.00677. The fraction of sp³-hybridized carbons (Fsp3) is 0.316. The van der Waals surface area contributed by atoms with E-state index < -0.39 is 0 Å². The molecule has 128 valence electrons. The Morgan fingerprint density at radius 3 is 3.08 bits per heavy atom. The molecule has 2 heterocycles. The van der Waals surface area contributed by atoms with E-state index in [4.69, 9.17) is 4.74 Å². The van der Waals surface area contributed by atoms with Gasteiger partial charge in [0.1, 0.15) is 5.75 Å². The fourth-order valence-electron chi connectivity index (χ4n) is 3.22. The summed E-state index contributed by atoms with van der Waals surface area (Å²) in [5.74, 6) is 0.808. The number of benzene rings is 1. The molecule has 0 spiro atoms. The highest BCUT2D eigenvalue weighted by molar-refractivity contribution is 5.95. The number of amides is 2. The number of fused-ring (bicyclic) bond motifs is 1. The summed E-state index contributed by atoms with van der Waals surface area (Å²) in [7, 11) is 0. The Labute approximate surface area is 145 Å². The standard InChI is InChI=1S/C19H19N3O3/c1-11(12-4-5-17-16(7-12)22-18(23)10-25-17)21-19(24)15-8-14(15)13-3-2-6-20-9-13/h2-7,9,11,14-15H,8,10H2,1H3,(H,21,24)(H,22,23). The lowest BCUT2D eigenvalue weighted by Gasteiger charge is -2.21. The van der Waals surface area contributed by atoms with Crippen molar-refractivity contribution < 1.29 is 14.3 Å². The monoisotopic (exact) mass is 337 g/mol. The summed E-state index contributed by atoms with van der Waals surface area (Å²) in [6, 6.07) is 9.35. The number of nitrogens with one attached hydrogen (secondary N) is 2. The first-order valence-electron chi connectivity index (χ1n) is 8.38. The zero-order valence-corrected chi connectivity index (χ0v) is 13.9. The van der Waals surface area contributed by atoms with Gasteiger partial charge in [0.05, 0.1) is 11.7 Å². The van der Waals surface area contributed by atoms with Crippen molar-refractivity contribution in [3.8, 4) is 5.75 Å². The lowest BCUT2D eigenvalue weighted by Crippen LogP contribution is -2.29. The summed E-state index contributed by atoms with van der Waals surface area (Å²) in [4.78, 5) is 28.0. The first-order valence-corrected chi connectivity index (χ1v) is 8.38. The highest BCUT2D eigenvalue weighted by atomic mass is 16.5. The summed E-state index contributed by atoms with van der Waals surface area (Å²) in [5.41, 5.74) is 2.69. The van der Waals surface area contributed by atoms with Crippen LogP contribution < -0.4 is 15.4 Å². The zero-order valence-electron chi connectivity index (χ0n) is 13.9. The van der Waals surface area contributed by atoms with Crippen LogP contribution in [0.3, 0.4) is 0 Å². The van der Waals surface area contributed by atoms with E-state index >= 15 is 0 Å². The topological polar surface area (TPSA) is 80.3 Å². The summed E-state index contributed by atoms with van der Waals surface area (Å²) in [6.45, 7) is 1.97. The Kier molecular flexibility index (Phi) is 3.87. The van der Waals surface area contributed by atoms with E-state index in [-0.39, 0.29) is 36.3 Å². The van der Waals surface area contributed by atoms with Crippen molar-refractivity contribution in [2.24, 2.45) is 5.92 Å². The third-order valence-electron chi connectivity index (χ3n) is 4.74. The van der Waals surface area contributed by atoms with E-state index in [1.165, 1.54) is 0 Å². The van der Waals surface area contributed by atoms with Gasteiger partial charge in [-0.25, -0.2) is 0 Å². The van der Waals surface area contributed by atoms with Gasteiger partial charge >= 0.3 is 0 Å². The molecule has 0 bridgehead atoms. The van der Waals surface area contributed by atoms with Gasteiger partial charge in [-0.3, -0.25) is 14.6 Å². The number of aromatic nitrogens is 1. The molecule has 3 unspecified atom stereocenters. The third kappa shape index (κ3) is 3.20. The van der Waals surface area contributed by atoms with Crippen molar-refractivity contribution in [1.29, 1.82) is 0 Å². The Morgan fingerprint density at radius 2 is 2.28 bits per heavy atom. The predicted molar refractivity (Wildman–Crippen MR) is 92.2 cm³/mol. The van der Waals surface area contributed by atoms with Crippen molar-refractivity contribution in [3.05, 3.63) is 53.9 Å². The smallest absolute Gasteiger partial charge is 0.262 e. The van der Waals surface area contributed by atoms with Crippen LogP contribution in [0.5, 0.6) is 5.75 Å². The van der Waals surface area contributed by atoms with Crippen LogP contribution in [-0.4, -0.2) is 23.4 Å². The number of carbonyl (C=O) groups excluding carboxylic acids is 2. The molecule has 2 aromatic rings. The maximum atomic E-state index is 12.5. The second kappa shape index (κ2) is 6.20. The highest BCUT2D eigenvalue weighted by Gasteiger charge is 2.44. The minimum atomic E-state index is -0.168. The average molecular weight is 337 g/mol. The van der Waals surface area contributed by atoms with Crippen LogP contribution in [0.25, 0.3) is 0 Å². The van der Waals surface area contributed by atoms with Crippen molar-refractivity contribution in [2.45, 2.75) is 25.3 Å². The third-order valence-corrected chi connectivity index (χ3v) is 4.74. The summed E-state index contributed by atoms with van der Waals surface area (Å²) >= 11 is 0. The molecule has 1 aliphatic carbocycles. The van der Waals surface area contributed by atoms with Gasteiger partial charge in [-0.2, -0.15) is 0 Å². The molecule has 4 rings (SSSR count). The number of rotatable bonds is 4. The summed E-state index contributed by atoms with van der Waals surface area (Å²) < 4.78 is 5.36. The molecule has 6 heteroatoms. The number of pyridine rings is 1. The first kappa shape index (κ1) is 15.6. The van der Waals surface area contributed by atoms with Crippen LogP contribution in [0, 0.1) is 5.92 Å². The van der Waals surface area contributed by atoms with Gasteiger partial charge < -0.3 is 15.4 Å². The van der Waals surface area contributed by atoms with Gasteiger partial charge in [-0.05, 0) is 48.6 Å². The molecule has 1 aromatic carbocycles. The Balaban J connectivity index is 1.41. The number of nitrogens with zero attached hydrogens (tertiary/aromatic N) is 1. The molecule has 2 aliphatic rings. The van der Waals surface area contributed by atoms with Crippen LogP contribution in [-0.2, 0) is 9.59 Å². The van der Waals surface area contributed by atoms with E-state index in [2.05, 4.69) is 15.6 Å². The molecular formula is C19H19N3O3. The SMILES string of the molecule is CC(NC(=O)C1CC1c1cccnc1)c1ccc2c(c1)NC(=O)CO2. The number of ether oxygens (including phenoxy) is 1. The Bertz CT molecular complexity index is 822. The van der Waals surface area contributed by atoms with Gasteiger partial charge in [0.25, 0.3) is 5.91 Å². The summed E-state index contributed by atoms with van der Waals surface area (Å²) in [6.07, 6.45) is 4.42. The van der Waals surface area contributed by atoms with Crippen LogP contribution in [0.15, 0.2) is 42.7 Å². The van der Waals surface area contributed by atoms with Crippen molar-refractivity contribution >= 4 is 17.5 Å². The van der Waals surface area contributed by atoms with E-state index in [0.29, 0.717) is 11.4 Å². The second-order valence-corrected chi connectivity index (χ2v) is 6.56. The second-order valence-electron chi connectivity index (χ2n) is 6.56. The van der Waals surface area contributed by atoms with E-state index in [0.717, 1.165) is 17.5 Å². The van der Waals surface area contributed by atoms with Crippen LogP contribution >= 0.6 is 0 Å². The normalized spacial score (nSPS) is 22.2. The van der Waals surface area contributed by atoms with Crippen LogP contribution in [0.2, 0.25) is 0 Å². The zero-order chi connectivity index (χ0) is 17.4. The molecule has 1 saturated carbocycles. The molecular weight excluding hydrogens is 318 g/mol. The lowest BCUT2D eigenvalue weighted by molar-refractivity contribution is -0.123. The minimum Gasteiger partial charge on any atom is -0.482 e. The summed E-state index contributed by atoms with van der Waals surface area (Å²) in [5, 5.41) is 5.85. The highest BCUT2D eigenvalue weighted by Crippen LogP contribution is 2.47. The van der Waals surface area contributed by atoms with Gasteiger partial charge in [0, 0.05) is 18.3 Å². The number of carbonyl (C=O) groups is 2. The molecule has 25 heavy (non-hydrogen) atoms. The van der Waals surface area contributed by atoms with E-state index in [1.807, 2.05) is 43.5 Å². The van der Waals surface area contributed by atoms with Crippen LogP contribution in [0.4, 0.5) is 5.69 Å². The maximum absolute atomic E-state index is 12.5. The maximum Gasteiger partial charge on any atom is 0.262 e. The fourth-order valence-corrected chi connectivity index (χ4v) is 3.22. The molecule has 1 aliphatic heterocycles. The average Bonchev–Trinajstić information content (AvgIpc) is 3.42. The molecule has 2 amide bonds. The Hall–Kier alpha value is -2.89. The molecule has 1 fully saturated rings. The largest absolute Gasteiger partial charge is 0.482 e. The first-order chi connectivity index (χ1) is 12.1. The number of anilines is 1.